The summed E-state index contributed by atoms with van der Waals surface area (Å²) in [6.07, 6.45) is 0. The Morgan fingerprint density at radius 3 is 2.44 bits per heavy atom. The van der Waals surface area contributed by atoms with Gasteiger partial charge in [-0.05, 0) is 36.4 Å². The summed E-state index contributed by atoms with van der Waals surface area (Å²) >= 11 is 3.36. The molecular formula is C21H21BrFN3O. The molecule has 2 heterocycles. The van der Waals surface area contributed by atoms with Crippen molar-refractivity contribution < 1.29 is 4.39 Å². The second-order valence-corrected chi connectivity index (χ2v) is 7.99. The fourth-order valence-corrected chi connectivity index (χ4v) is 4.05. The number of rotatable bonds is 3. The minimum atomic E-state index is -0.430. The maximum atomic E-state index is 13.6. The number of pyridine rings is 1. The number of H-pyrrole nitrogens is 1. The number of fused-ring (bicyclic) bond motifs is 1. The summed E-state index contributed by atoms with van der Waals surface area (Å²) in [5.41, 5.74) is 2.64. The quantitative estimate of drug-likeness (QED) is 0.687. The first-order valence-corrected chi connectivity index (χ1v) is 9.81. The van der Waals surface area contributed by atoms with Crippen LogP contribution in [0.4, 0.5) is 4.39 Å². The van der Waals surface area contributed by atoms with Crippen LogP contribution in [-0.2, 0) is 6.54 Å². The van der Waals surface area contributed by atoms with E-state index in [1.165, 1.54) is 17.7 Å². The molecule has 0 aliphatic carbocycles. The van der Waals surface area contributed by atoms with Crippen LogP contribution in [0.2, 0.25) is 0 Å². The highest BCUT2D eigenvalue weighted by molar-refractivity contribution is 9.10. The van der Waals surface area contributed by atoms with E-state index >= 15 is 0 Å². The van der Waals surface area contributed by atoms with Crippen molar-refractivity contribution in [2.24, 2.45) is 0 Å². The number of aromatic nitrogens is 1. The van der Waals surface area contributed by atoms with E-state index < -0.39 is 5.82 Å². The molecule has 0 amide bonds. The third-order valence-corrected chi connectivity index (χ3v) is 5.80. The topological polar surface area (TPSA) is 39.3 Å². The minimum absolute atomic E-state index is 0.288. The number of hydrogen-bond acceptors (Lipinski definition) is 3. The van der Waals surface area contributed by atoms with Crippen molar-refractivity contribution in [3.8, 4) is 11.3 Å². The van der Waals surface area contributed by atoms with E-state index in [9.17, 15) is 9.18 Å². The lowest BCUT2D eigenvalue weighted by Gasteiger charge is -2.32. The van der Waals surface area contributed by atoms with Crippen molar-refractivity contribution in [3.63, 3.8) is 0 Å². The van der Waals surface area contributed by atoms with Crippen LogP contribution in [0.1, 0.15) is 5.56 Å². The Morgan fingerprint density at radius 2 is 1.74 bits per heavy atom. The van der Waals surface area contributed by atoms with E-state index in [2.05, 4.69) is 49.9 Å². The van der Waals surface area contributed by atoms with Crippen LogP contribution >= 0.6 is 15.9 Å². The molecule has 140 valence electrons. The fraction of sp³-hybridized carbons (Fsp3) is 0.286. The first-order chi connectivity index (χ1) is 13.0. The number of nitrogens with zero attached hydrogens (tertiary/aromatic N) is 2. The zero-order chi connectivity index (χ0) is 19.0. The Morgan fingerprint density at radius 1 is 1.04 bits per heavy atom. The molecule has 0 unspecified atom stereocenters. The zero-order valence-corrected chi connectivity index (χ0v) is 16.7. The van der Waals surface area contributed by atoms with Crippen molar-refractivity contribution >= 4 is 26.7 Å². The van der Waals surface area contributed by atoms with Gasteiger partial charge in [-0.25, -0.2) is 4.39 Å². The summed E-state index contributed by atoms with van der Waals surface area (Å²) in [5, 5.41) is 1.05. The molecule has 1 aliphatic heterocycles. The number of nitrogens with one attached hydrogen (secondary N) is 1. The van der Waals surface area contributed by atoms with Crippen molar-refractivity contribution in [2.45, 2.75) is 6.54 Å². The molecule has 4 nitrogen and oxygen atoms in total. The Hall–Kier alpha value is -2.02. The Balaban J connectivity index is 1.59. The van der Waals surface area contributed by atoms with Gasteiger partial charge in [0.15, 0.2) is 0 Å². The first-order valence-electron chi connectivity index (χ1n) is 9.02. The maximum absolute atomic E-state index is 13.6. The zero-order valence-electron chi connectivity index (χ0n) is 15.1. The summed E-state index contributed by atoms with van der Waals surface area (Å²) < 4.78 is 14.1. The van der Waals surface area contributed by atoms with Crippen molar-refractivity contribution in [2.75, 3.05) is 33.2 Å². The third kappa shape index (κ3) is 3.98. The van der Waals surface area contributed by atoms with Crippen LogP contribution in [-0.4, -0.2) is 48.0 Å². The van der Waals surface area contributed by atoms with Crippen molar-refractivity contribution in [1.29, 1.82) is 0 Å². The van der Waals surface area contributed by atoms with Gasteiger partial charge < -0.3 is 9.88 Å². The molecule has 2 aromatic carbocycles. The highest BCUT2D eigenvalue weighted by Gasteiger charge is 2.14. The van der Waals surface area contributed by atoms with Crippen LogP contribution in [0.5, 0.6) is 0 Å². The van der Waals surface area contributed by atoms with Crippen LogP contribution in [0.25, 0.3) is 22.0 Å². The first kappa shape index (κ1) is 18.3. The number of halogens is 2. The highest BCUT2D eigenvalue weighted by atomic mass is 79.9. The van der Waals surface area contributed by atoms with Crippen molar-refractivity contribution in [3.05, 3.63) is 68.7 Å². The summed E-state index contributed by atoms with van der Waals surface area (Å²) in [6.45, 7) is 5.31. The van der Waals surface area contributed by atoms with Crippen molar-refractivity contribution in [1.82, 2.24) is 14.8 Å². The molecule has 1 aromatic heterocycles. The van der Waals surface area contributed by atoms with Gasteiger partial charge >= 0.3 is 0 Å². The van der Waals surface area contributed by atoms with Gasteiger partial charge in [-0.15, -0.1) is 0 Å². The fourth-order valence-electron chi connectivity index (χ4n) is 3.50. The van der Waals surface area contributed by atoms with Crippen LogP contribution in [0, 0.1) is 5.82 Å². The molecule has 1 aliphatic rings. The molecule has 0 bridgehead atoms. The SMILES string of the molecule is CN1CCN(Cc2ccc(-c3cc4c(Br)cc(F)cc4c(=O)[nH]3)cc2)CC1. The third-order valence-electron chi connectivity index (χ3n) is 5.14. The Bertz CT molecular complexity index is 1020. The van der Waals surface area contributed by atoms with E-state index in [0.29, 0.717) is 15.2 Å². The average Bonchev–Trinajstić information content (AvgIpc) is 2.65. The largest absolute Gasteiger partial charge is 0.321 e. The molecule has 0 atom stereocenters. The molecule has 0 radical (unpaired) electrons. The van der Waals surface area contributed by atoms with E-state index in [-0.39, 0.29) is 5.56 Å². The lowest BCUT2D eigenvalue weighted by Crippen LogP contribution is -2.43. The van der Waals surface area contributed by atoms with Crippen LogP contribution in [0.3, 0.4) is 0 Å². The predicted molar refractivity (Wildman–Crippen MR) is 110 cm³/mol. The molecule has 1 saturated heterocycles. The number of aromatic amines is 1. The maximum Gasteiger partial charge on any atom is 0.256 e. The summed E-state index contributed by atoms with van der Waals surface area (Å²) in [7, 11) is 2.16. The minimum Gasteiger partial charge on any atom is -0.321 e. The second-order valence-electron chi connectivity index (χ2n) is 7.14. The van der Waals surface area contributed by atoms with Gasteiger partial charge in [0.05, 0.1) is 5.39 Å². The van der Waals surface area contributed by atoms with E-state index in [1.54, 1.807) is 0 Å². The number of benzene rings is 2. The lowest BCUT2D eigenvalue weighted by molar-refractivity contribution is 0.148. The average molecular weight is 430 g/mol. The molecular weight excluding hydrogens is 409 g/mol. The second kappa shape index (κ2) is 7.54. The number of likely N-dealkylation sites (N-methyl/N-ethyl adjacent to an activating group) is 1. The number of piperazine rings is 1. The van der Waals surface area contributed by atoms with E-state index in [1.807, 2.05) is 18.2 Å². The van der Waals surface area contributed by atoms with E-state index in [0.717, 1.165) is 44.0 Å². The molecule has 3 aromatic rings. The van der Waals surface area contributed by atoms with Crippen LogP contribution < -0.4 is 5.56 Å². The molecule has 0 saturated carbocycles. The van der Waals surface area contributed by atoms with Crippen LogP contribution in [0.15, 0.2) is 51.7 Å². The monoisotopic (exact) mass is 429 g/mol. The highest BCUT2D eigenvalue weighted by Crippen LogP contribution is 2.27. The van der Waals surface area contributed by atoms with Gasteiger partial charge in [-0.1, -0.05) is 40.2 Å². The van der Waals surface area contributed by atoms with Gasteiger partial charge in [0.2, 0.25) is 0 Å². The lowest BCUT2D eigenvalue weighted by atomic mass is 10.1. The molecule has 1 fully saturated rings. The molecule has 0 spiro atoms. The molecule has 6 heteroatoms. The standard InChI is InChI=1S/C21H21BrFN3O/c1-25-6-8-26(9-7-25)13-14-2-4-15(5-3-14)20-12-17-18(21(27)24-20)10-16(23)11-19(17)22/h2-5,10-12H,6-9,13H2,1H3,(H,24,27). The molecule has 1 N–H and O–H groups in total. The Labute approximate surface area is 165 Å². The summed E-state index contributed by atoms with van der Waals surface area (Å²) in [6, 6.07) is 12.8. The molecule has 4 rings (SSSR count). The van der Waals surface area contributed by atoms with Gasteiger partial charge in [-0.2, -0.15) is 0 Å². The molecule has 27 heavy (non-hydrogen) atoms. The summed E-state index contributed by atoms with van der Waals surface area (Å²) in [5.74, 6) is -0.430. The van der Waals surface area contributed by atoms with E-state index in [4.69, 9.17) is 0 Å². The van der Waals surface area contributed by atoms with Gasteiger partial charge in [0.25, 0.3) is 5.56 Å². The Kier molecular flexibility index (Phi) is 5.12. The predicted octanol–water partition coefficient (Wildman–Crippen LogP) is 3.84. The van der Waals surface area contributed by atoms with Gasteiger partial charge in [0.1, 0.15) is 5.82 Å². The van der Waals surface area contributed by atoms with Gasteiger partial charge in [0, 0.05) is 48.3 Å². The number of hydrogen-bond donors (Lipinski definition) is 1. The normalized spacial score (nSPS) is 16.1. The van der Waals surface area contributed by atoms with Gasteiger partial charge in [-0.3, -0.25) is 9.69 Å². The summed E-state index contributed by atoms with van der Waals surface area (Å²) in [4.78, 5) is 20.1. The smallest absolute Gasteiger partial charge is 0.256 e.